The van der Waals surface area contributed by atoms with E-state index in [0.717, 1.165) is 37.8 Å². The van der Waals surface area contributed by atoms with Crippen LogP contribution in [0.4, 0.5) is 0 Å². The second-order valence-corrected chi connectivity index (χ2v) is 4.84. The van der Waals surface area contributed by atoms with Crippen molar-refractivity contribution in [3.8, 4) is 11.8 Å². The Morgan fingerprint density at radius 3 is 2.79 bits per heavy atom. The molecule has 100 valence electrons. The summed E-state index contributed by atoms with van der Waals surface area (Å²) in [4.78, 5) is 13.3. The molecule has 1 aromatic carbocycles. The van der Waals surface area contributed by atoms with Crippen molar-refractivity contribution in [2.75, 3.05) is 13.1 Å². The van der Waals surface area contributed by atoms with E-state index >= 15 is 0 Å². The first-order valence-electron chi connectivity index (χ1n) is 6.78. The minimum atomic E-state index is -0.719. The van der Waals surface area contributed by atoms with Crippen LogP contribution in [0.5, 0.6) is 0 Å². The van der Waals surface area contributed by atoms with E-state index in [0.29, 0.717) is 6.54 Å². The van der Waals surface area contributed by atoms with Gasteiger partial charge in [0, 0.05) is 5.56 Å². The second kappa shape index (κ2) is 6.96. The summed E-state index contributed by atoms with van der Waals surface area (Å²) in [5.41, 5.74) is 0.976. The van der Waals surface area contributed by atoms with E-state index in [1.54, 1.807) is 0 Å². The largest absolute Gasteiger partial charge is 0.480 e. The first-order chi connectivity index (χ1) is 9.27. The Bertz CT molecular complexity index is 473. The van der Waals surface area contributed by atoms with Crippen molar-refractivity contribution in [3.63, 3.8) is 0 Å². The number of carbonyl (C=O) groups is 1. The SMILES string of the molecule is O=C(O)C1CCCCCN1CC#Cc1ccccc1. The van der Waals surface area contributed by atoms with Gasteiger partial charge in [0.05, 0.1) is 6.54 Å². The summed E-state index contributed by atoms with van der Waals surface area (Å²) < 4.78 is 0. The molecule has 1 N–H and O–H groups in total. The van der Waals surface area contributed by atoms with Crippen LogP contribution in [0.15, 0.2) is 30.3 Å². The summed E-state index contributed by atoms with van der Waals surface area (Å²) >= 11 is 0. The fourth-order valence-electron chi connectivity index (χ4n) is 2.40. The Balaban J connectivity index is 2.00. The molecule has 0 aliphatic carbocycles. The lowest BCUT2D eigenvalue weighted by atomic mass is 10.1. The molecule has 0 radical (unpaired) electrons. The van der Waals surface area contributed by atoms with E-state index in [1.807, 2.05) is 35.2 Å². The standard InChI is InChI=1S/C16H19NO2/c18-16(19)15-11-5-2-6-12-17(15)13-7-10-14-8-3-1-4-9-14/h1,3-4,8-9,15H,2,5-6,11-13H2,(H,18,19). The van der Waals surface area contributed by atoms with Gasteiger partial charge in [0.25, 0.3) is 0 Å². The summed E-state index contributed by atoms with van der Waals surface area (Å²) in [7, 11) is 0. The van der Waals surface area contributed by atoms with Gasteiger partial charge in [0.2, 0.25) is 0 Å². The molecule has 1 heterocycles. The highest BCUT2D eigenvalue weighted by molar-refractivity contribution is 5.73. The predicted molar refractivity (Wildman–Crippen MR) is 74.8 cm³/mol. The zero-order valence-corrected chi connectivity index (χ0v) is 11.0. The number of aliphatic carboxylic acids is 1. The summed E-state index contributed by atoms with van der Waals surface area (Å²) in [6.07, 6.45) is 3.92. The number of hydrogen-bond acceptors (Lipinski definition) is 2. The van der Waals surface area contributed by atoms with Crippen LogP contribution in [-0.4, -0.2) is 35.1 Å². The van der Waals surface area contributed by atoms with Crippen molar-refractivity contribution in [3.05, 3.63) is 35.9 Å². The highest BCUT2D eigenvalue weighted by Crippen LogP contribution is 2.16. The lowest BCUT2D eigenvalue weighted by molar-refractivity contribution is -0.143. The van der Waals surface area contributed by atoms with Crippen LogP contribution in [0.3, 0.4) is 0 Å². The average molecular weight is 257 g/mol. The van der Waals surface area contributed by atoms with Gasteiger partial charge in [-0.05, 0) is 31.5 Å². The Kier molecular flexibility index (Phi) is 5.00. The normalized spacial score (nSPS) is 20.1. The van der Waals surface area contributed by atoms with Gasteiger partial charge in [-0.3, -0.25) is 9.69 Å². The van der Waals surface area contributed by atoms with Crippen molar-refractivity contribution in [2.24, 2.45) is 0 Å². The molecule has 1 atom stereocenters. The van der Waals surface area contributed by atoms with Crippen LogP contribution in [0.1, 0.15) is 31.2 Å². The summed E-state index contributed by atoms with van der Waals surface area (Å²) in [5, 5.41) is 9.26. The first-order valence-corrected chi connectivity index (χ1v) is 6.78. The fraction of sp³-hybridized carbons (Fsp3) is 0.438. The minimum absolute atomic E-state index is 0.368. The van der Waals surface area contributed by atoms with Gasteiger partial charge in [0.15, 0.2) is 0 Å². The quantitative estimate of drug-likeness (QED) is 0.827. The summed E-state index contributed by atoms with van der Waals surface area (Å²) in [6.45, 7) is 1.37. The molecule has 1 aliphatic rings. The molecule has 1 fully saturated rings. The van der Waals surface area contributed by atoms with Crippen molar-refractivity contribution < 1.29 is 9.90 Å². The number of rotatable bonds is 2. The van der Waals surface area contributed by atoms with E-state index in [1.165, 1.54) is 0 Å². The minimum Gasteiger partial charge on any atom is -0.480 e. The lowest BCUT2D eigenvalue weighted by Crippen LogP contribution is -2.40. The van der Waals surface area contributed by atoms with Crippen LogP contribution in [0, 0.1) is 11.8 Å². The van der Waals surface area contributed by atoms with Crippen LogP contribution >= 0.6 is 0 Å². The van der Waals surface area contributed by atoms with E-state index in [4.69, 9.17) is 0 Å². The van der Waals surface area contributed by atoms with Gasteiger partial charge in [-0.1, -0.05) is 42.9 Å². The summed E-state index contributed by atoms with van der Waals surface area (Å²) in [6, 6.07) is 9.42. The van der Waals surface area contributed by atoms with Crippen molar-refractivity contribution in [2.45, 2.75) is 31.7 Å². The molecule has 1 aromatic rings. The van der Waals surface area contributed by atoms with Gasteiger partial charge in [-0.25, -0.2) is 0 Å². The zero-order valence-electron chi connectivity index (χ0n) is 11.0. The van der Waals surface area contributed by atoms with E-state index in [9.17, 15) is 9.90 Å². The smallest absolute Gasteiger partial charge is 0.320 e. The molecular formula is C16H19NO2. The highest BCUT2D eigenvalue weighted by Gasteiger charge is 2.26. The number of hydrogen-bond donors (Lipinski definition) is 1. The molecule has 1 unspecified atom stereocenters. The van der Waals surface area contributed by atoms with Crippen molar-refractivity contribution >= 4 is 5.97 Å². The Morgan fingerprint density at radius 1 is 1.26 bits per heavy atom. The van der Waals surface area contributed by atoms with Crippen LogP contribution < -0.4 is 0 Å². The molecule has 19 heavy (non-hydrogen) atoms. The van der Waals surface area contributed by atoms with E-state index in [2.05, 4.69) is 11.8 Å². The maximum atomic E-state index is 11.3. The van der Waals surface area contributed by atoms with Gasteiger partial charge >= 0.3 is 5.97 Å². The molecule has 0 saturated carbocycles. The summed E-state index contributed by atoms with van der Waals surface area (Å²) in [5.74, 6) is 5.46. The van der Waals surface area contributed by atoms with Crippen LogP contribution in [0.25, 0.3) is 0 Å². The third-order valence-corrected chi connectivity index (χ3v) is 3.44. The molecule has 3 nitrogen and oxygen atoms in total. The maximum Gasteiger partial charge on any atom is 0.320 e. The highest BCUT2D eigenvalue weighted by atomic mass is 16.4. The maximum absolute atomic E-state index is 11.3. The monoisotopic (exact) mass is 257 g/mol. The van der Waals surface area contributed by atoms with Gasteiger partial charge in [-0.15, -0.1) is 0 Å². The average Bonchev–Trinajstić information content (AvgIpc) is 2.65. The molecule has 0 amide bonds. The molecule has 0 aromatic heterocycles. The molecule has 1 saturated heterocycles. The molecular weight excluding hydrogens is 238 g/mol. The number of carboxylic acids is 1. The second-order valence-electron chi connectivity index (χ2n) is 4.84. The van der Waals surface area contributed by atoms with Crippen LogP contribution in [-0.2, 0) is 4.79 Å². The zero-order chi connectivity index (χ0) is 13.5. The van der Waals surface area contributed by atoms with Crippen molar-refractivity contribution in [1.29, 1.82) is 0 Å². The Hall–Kier alpha value is -1.79. The van der Waals surface area contributed by atoms with E-state index in [-0.39, 0.29) is 6.04 Å². The first kappa shape index (κ1) is 13.6. The number of nitrogens with zero attached hydrogens (tertiary/aromatic N) is 1. The number of likely N-dealkylation sites (tertiary alicyclic amines) is 1. The van der Waals surface area contributed by atoms with Crippen LogP contribution in [0.2, 0.25) is 0 Å². The van der Waals surface area contributed by atoms with Crippen molar-refractivity contribution in [1.82, 2.24) is 4.90 Å². The molecule has 0 spiro atoms. The molecule has 3 heteroatoms. The lowest BCUT2D eigenvalue weighted by Gasteiger charge is -2.24. The topological polar surface area (TPSA) is 40.5 Å². The fourth-order valence-corrected chi connectivity index (χ4v) is 2.40. The van der Waals surface area contributed by atoms with Gasteiger partial charge < -0.3 is 5.11 Å². The molecule has 1 aliphatic heterocycles. The van der Waals surface area contributed by atoms with Gasteiger partial charge in [-0.2, -0.15) is 0 Å². The third-order valence-electron chi connectivity index (χ3n) is 3.44. The van der Waals surface area contributed by atoms with Gasteiger partial charge in [0.1, 0.15) is 6.04 Å². The molecule has 0 bridgehead atoms. The Labute approximate surface area is 114 Å². The Morgan fingerprint density at radius 2 is 2.05 bits per heavy atom. The molecule has 2 rings (SSSR count). The van der Waals surface area contributed by atoms with E-state index < -0.39 is 5.97 Å². The predicted octanol–water partition coefficient (Wildman–Crippen LogP) is 2.37. The third kappa shape index (κ3) is 4.11. The number of carboxylic acid groups (broad SMARTS) is 1. The number of benzene rings is 1.